The highest BCUT2D eigenvalue weighted by molar-refractivity contribution is 5.89. The number of amides is 1. The smallest absolute Gasteiger partial charge is 0.307 e. The van der Waals surface area contributed by atoms with Crippen molar-refractivity contribution >= 4 is 11.9 Å². The van der Waals surface area contributed by atoms with Crippen LogP contribution in [-0.2, 0) is 9.59 Å². The van der Waals surface area contributed by atoms with Gasteiger partial charge in [-0.15, -0.1) is 0 Å². The molecule has 2 N–H and O–H groups in total. The zero-order chi connectivity index (χ0) is 15.6. The lowest BCUT2D eigenvalue weighted by Gasteiger charge is -2.15. The maximum absolute atomic E-state index is 11.9. The summed E-state index contributed by atoms with van der Waals surface area (Å²) < 4.78 is 5.57. The fourth-order valence-corrected chi connectivity index (χ4v) is 2.27. The maximum atomic E-state index is 11.9. The van der Waals surface area contributed by atoms with Crippen LogP contribution in [0.25, 0.3) is 0 Å². The minimum absolute atomic E-state index is 0.121. The second-order valence-electron chi connectivity index (χ2n) is 5.75. The van der Waals surface area contributed by atoms with Crippen LogP contribution in [0.5, 0.6) is 5.75 Å². The van der Waals surface area contributed by atoms with E-state index >= 15 is 0 Å². The van der Waals surface area contributed by atoms with Crippen molar-refractivity contribution in [2.24, 2.45) is 11.8 Å². The van der Waals surface area contributed by atoms with E-state index in [1.165, 1.54) is 0 Å². The number of carbonyl (C=O) groups excluding carboxylic acids is 1. The summed E-state index contributed by atoms with van der Waals surface area (Å²) in [6, 6.07) is 7.40. The van der Waals surface area contributed by atoms with Crippen molar-refractivity contribution in [1.82, 2.24) is 5.32 Å². The van der Waals surface area contributed by atoms with Crippen molar-refractivity contribution in [2.45, 2.75) is 39.3 Å². The second kappa shape index (κ2) is 6.16. The van der Waals surface area contributed by atoms with Crippen molar-refractivity contribution in [3.05, 3.63) is 29.8 Å². The number of benzene rings is 1. The third-order valence-corrected chi connectivity index (χ3v) is 3.56. The molecule has 1 fully saturated rings. The predicted molar refractivity (Wildman–Crippen MR) is 78.0 cm³/mol. The van der Waals surface area contributed by atoms with Crippen molar-refractivity contribution in [2.75, 3.05) is 0 Å². The number of aliphatic carboxylic acids is 1. The van der Waals surface area contributed by atoms with E-state index in [0.29, 0.717) is 6.42 Å². The molecule has 0 aromatic heterocycles. The number of carboxylic acid groups (broad SMARTS) is 1. The third-order valence-electron chi connectivity index (χ3n) is 3.56. The first-order chi connectivity index (χ1) is 9.88. The van der Waals surface area contributed by atoms with Crippen molar-refractivity contribution in [3.63, 3.8) is 0 Å². The first-order valence-electron chi connectivity index (χ1n) is 7.18. The number of hydrogen-bond donors (Lipinski definition) is 2. The molecule has 0 radical (unpaired) electrons. The fourth-order valence-electron chi connectivity index (χ4n) is 2.27. The molecule has 1 aliphatic carbocycles. The molecule has 1 aliphatic rings. The SMILES string of the molecule is CC(C)Oc1ccc([C@H](C)NC(=O)[C@H]2C[C@@H]2C(=O)O)cc1. The van der Waals surface area contributed by atoms with Gasteiger partial charge in [0, 0.05) is 0 Å². The molecule has 2 rings (SSSR count). The van der Waals surface area contributed by atoms with Gasteiger partial charge in [0.05, 0.1) is 24.0 Å². The summed E-state index contributed by atoms with van der Waals surface area (Å²) in [5, 5.41) is 11.7. The molecule has 1 aromatic carbocycles. The summed E-state index contributed by atoms with van der Waals surface area (Å²) in [5.74, 6) is -1.18. The van der Waals surface area contributed by atoms with Gasteiger partial charge in [0.2, 0.25) is 5.91 Å². The van der Waals surface area contributed by atoms with Crippen molar-refractivity contribution < 1.29 is 19.4 Å². The van der Waals surface area contributed by atoms with E-state index in [1.54, 1.807) is 0 Å². The Hall–Kier alpha value is -2.04. The molecule has 114 valence electrons. The van der Waals surface area contributed by atoms with Crippen LogP contribution in [0.3, 0.4) is 0 Å². The van der Waals surface area contributed by atoms with Gasteiger partial charge in [0.1, 0.15) is 5.75 Å². The first kappa shape index (κ1) is 15.4. The number of hydrogen-bond acceptors (Lipinski definition) is 3. The van der Waals surface area contributed by atoms with E-state index < -0.39 is 11.9 Å². The van der Waals surface area contributed by atoms with Gasteiger partial charge < -0.3 is 15.2 Å². The zero-order valence-electron chi connectivity index (χ0n) is 12.5. The van der Waals surface area contributed by atoms with E-state index in [0.717, 1.165) is 11.3 Å². The van der Waals surface area contributed by atoms with Gasteiger partial charge in [-0.25, -0.2) is 0 Å². The summed E-state index contributed by atoms with van der Waals surface area (Å²) in [7, 11) is 0. The molecule has 0 heterocycles. The second-order valence-corrected chi connectivity index (χ2v) is 5.75. The average Bonchev–Trinajstić information content (AvgIpc) is 3.19. The molecule has 0 unspecified atom stereocenters. The Bertz CT molecular complexity index is 524. The van der Waals surface area contributed by atoms with Crippen molar-refractivity contribution in [3.8, 4) is 5.75 Å². The van der Waals surface area contributed by atoms with Crippen LogP contribution in [-0.4, -0.2) is 23.1 Å². The Morgan fingerprint density at radius 1 is 1.19 bits per heavy atom. The standard InChI is InChI=1S/C16H21NO4/c1-9(2)21-12-6-4-11(5-7-12)10(3)17-15(18)13-8-14(13)16(19)20/h4-7,9-10,13-14H,8H2,1-3H3,(H,17,18)(H,19,20)/t10-,13-,14-/m0/s1. The Morgan fingerprint density at radius 2 is 1.81 bits per heavy atom. The summed E-state index contributed by atoms with van der Waals surface area (Å²) in [6.45, 7) is 5.81. The van der Waals surface area contributed by atoms with Gasteiger partial charge in [0.15, 0.2) is 0 Å². The Kier molecular flexibility index (Phi) is 4.50. The van der Waals surface area contributed by atoms with E-state index in [9.17, 15) is 9.59 Å². The van der Waals surface area contributed by atoms with Gasteiger partial charge >= 0.3 is 5.97 Å². The van der Waals surface area contributed by atoms with E-state index in [-0.39, 0.29) is 24.0 Å². The third kappa shape index (κ3) is 3.97. The van der Waals surface area contributed by atoms with E-state index in [4.69, 9.17) is 9.84 Å². The highest BCUT2D eigenvalue weighted by Crippen LogP contribution is 2.39. The van der Waals surface area contributed by atoms with Crippen molar-refractivity contribution in [1.29, 1.82) is 0 Å². The minimum Gasteiger partial charge on any atom is -0.491 e. The van der Waals surface area contributed by atoms with Crippen LogP contribution < -0.4 is 10.1 Å². The molecule has 1 saturated carbocycles. The Morgan fingerprint density at radius 3 is 2.29 bits per heavy atom. The highest BCUT2D eigenvalue weighted by Gasteiger charge is 2.48. The Balaban J connectivity index is 1.90. The maximum Gasteiger partial charge on any atom is 0.307 e. The van der Waals surface area contributed by atoms with Gasteiger partial charge in [-0.3, -0.25) is 9.59 Å². The fraction of sp³-hybridized carbons (Fsp3) is 0.500. The largest absolute Gasteiger partial charge is 0.491 e. The molecule has 5 nitrogen and oxygen atoms in total. The van der Waals surface area contributed by atoms with E-state index in [1.807, 2.05) is 45.0 Å². The number of carbonyl (C=O) groups is 2. The van der Waals surface area contributed by atoms with Crippen LogP contribution in [0.2, 0.25) is 0 Å². The summed E-state index contributed by atoms with van der Waals surface area (Å²) in [5.41, 5.74) is 0.965. The molecule has 0 saturated heterocycles. The van der Waals surface area contributed by atoms with Crippen LogP contribution in [0.1, 0.15) is 38.8 Å². The van der Waals surface area contributed by atoms with Gasteiger partial charge in [0.25, 0.3) is 0 Å². The monoisotopic (exact) mass is 291 g/mol. The number of rotatable bonds is 6. The molecule has 0 bridgehead atoms. The lowest BCUT2D eigenvalue weighted by Crippen LogP contribution is -2.29. The lowest BCUT2D eigenvalue weighted by atomic mass is 10.1. The van der Waals surface area contributed by atoms with E-state index in [2.05, 4.69) is 5.32 Å². The number of nitrogens with one attached hydrogen (secondary N) is 1. The van der Waals surface area contributed by atoms with Crippen LogP contribution >= 0.6 is 0 Å². The van der Waals surface area contributed by atoms with Gasteiger partial charge in [-0.2, -0.15) is 0 Å². The normalized spacial score (nSPS) is 21.7. The molecule has 0 aliphatic heterocycles. The van der Waals surface area contributed by atoms with Gasteiger partial charge in [-0.1, -0.05) is 12.1 Å². The molecular weight excluding hydrogens is 270 g/mol. The molecule has 5 heteroatoms. The summed E-state index contributed by atoms with van der Waals surface area (Å²) in [6.07, 6.45) is 0.561. The number of ether oxygens (including phenoxy) is 1. The number of carboxylic acids is 1. The topological polar surface area (TPSA) is 75.6 Å². The minimum atomic E-state index is -0.891. The Labute approximate surface area is 124 Å². The highest BCUT2D eigenvalue weighted by atomic mass is 16.5. The molecule has 1 amide bonds. The first-order valence-corrected chi connectivity index (χ1v) is 7.18. The molecule has 21 heavy (non-hydrogen) atoms. The lowest BCUT2D eigenvalue weighted by molar-refractivity contribution is -0.140. The zero-order valence-corrected chi connectivity index (χ0v) is 12.5. The van der Waals surface area contributed by atoms with Crippen LogP contribution in [0.4, 0.5) is 0 Å². The molecular formula is C16H21NO4. The quantitative estimate of drug-likeness (QED) is 0.843. The average molecular weight is 291 g/mol. The molecule has 1 aromatic rings. The van der Waals surface area contributed by atoms with Crippen LogP contribution in [0.15, 0.2) is 24.3 Å². The molecule has 3 atom stereocenters. The molecule has 0 spiro atoms. The van der Waals surface area contributed by atoms with Gasteiger partial charge in [-0.05, 0) is 44.9 Å². The summed E-state index contributed by atoms with van der Waals surface area (Å²) in [4.78, 5) is 22.7. The predicted octanol–water partition coefficient (Wildman–Crippen LogP) is 2.37. The van der Waals surface area contributed by atoms with Crippen LogP contribution in [0, 0.1) is 11.8 Å². The summed E-state index contributed by atoms with van der Waals surface area (Å²) >= 11 is 0.